The second kappa shape index (κ2) is 9.78. The highest BCUT2D eigenvalue weighted by Crippen LogP contribution is 2.29. The number of nitrogens with zero attached hydrogens (tertiary/aromatic N) is 3. The van der Waals surface area contributed by atoms with Gasteiger partial charge in [-0.3, -0.25) is 14.3 Å². The summed E-state index contributed by atoms with van der Waals surface area (Å²) in [7, 11) is 1.61. The monoisotopic (exact) mass is 436 g/mol. The molecule has 160 valence electrons. The van der Waals surface area contributed by atoms with Gasteiger partial charge < -0.3 is 10.1 Å². The molecule has 0 saturated heterocycles. The van der Waals surface area contributed by atoms with Gasteiger partial charge in [0.15, 0.2) is 0 Å². The number of carbonyl (C=O) groups is 1. The fourth-order valence-electron chi connectivity index (χ4n) is 3.77. The smallest absolute Gasteiger partial charge is 0.349 e. The van der Waals surface area contributed by atoms with Crippen molar-refractivity contribution in [1.29, 1.82) is 0 Å². The molecule has 0 bridgehead atoms. The van der Waals surface area contributed by atoms with Crippen molar-refractivity contribution in [1.82, 2.24) is 19.9 Å². The first-order valence-electron chi connectivity index (χ1n) is 10.2. The Morgan fingerprint density at radius 2 is 2.10 bits per heavy atom. The van der Waals surface area contributed by atoms with Crippen molar-refractivity contribution in [2.45, 2.75) is 37.4 Å². The molecule has 7 nitrogen and oxygen atoms in total. The average Bonchev–Trinajstić information content (AvgIpc) is 3.29. The van der Waals surface area contributed by atoms with Crippen LogP contribution < -0.4 is 15.7 Å². The number of benzene rings is 1. The lowest BCUT2D eigenvalue weighted by atomic mass is 10.2. The number of rotatable bonds is 8. The fourth-order valence-corrected chi connectivity index (χ4v) is 4.68. The molecule has 1 aliphatic rings. The highest BCUT2D eigenvalue weighted by atomic mass is 32.2. The molecule has 0 aliphatic heterocycles. The molecule has 0 unspecified atom stereocenters. The summed E-state index contributed by atoms with van der Waals surface area (Å²) in [4.78, 5) is 33.6. The molecule has 0 atom stereocenters. The second-order valence-corrected chi connectivity index (χ2v) is 8.27. The van der Waals surface area contributed by atoms with Gasteiger partial charge in [-0.15, -0.1) is 0 Å². The van der Waals surface area contributed by atoms with E-state index in [1.807, 2.05) is 36.4 Å². The molecule has 1 aliphatic carbocycles. The molecule has 2 heterocycles. The minimum absolute atomic E-state index is 0.107. The zero-order chi connectivity index (χ0) is 21.6. The molecule has 1 N–H and O–H groups in total. The topological polar surface area (TPSA) is 86.1 Å². The van der Waals surface area contributed by atoms with E-state index < -0.39 is 0 Å². The van der Waals surface area contributed by atoms with E-state index in [2.05, 4.69) is 15.3 Å². The number of amides is 1. The maximum Gasteiger partial charge on any atom is 0.349 e. The van der Waals surface area contributed by atoms with Crippen molar-refractivity contribution in [2.24, 2.45) is 0 Å². The van der Waals surface area contributed by atoms with Crippen LogP contribution in [0.15, 0.2) is 58.6 Å². The standard InChI is InChI=1S/C23H24N4O3S/c1-30-20-10-3-2-7-17(20)13-25-21(28)15-31-22-18-8-4-9-19(18)27(23(29)26-22)14-16-6-5-11-24-12-16/h2-3,5-7,10-12H,4,8-9,13-15H2,1H3,(H,25,28). The summed E-state index contributed by atoms with van der Waals surface area (Å²) in [5.41, 5.74) is 3.73. The Balaban J connectivity index is 1.43. The number of fused-ring (bicyclic) bond motifs is 1. The lowest BCUT2D eigenvalue weighted by Gasteiger charge is -2.14. The van der Waals surface area contributed by atoms with Crippen molar-refractivity contribution in [3.8, 4) is 5.75 Å². The van der Waals surface area contributed by atoms with E-state index in [0.717, 1.165) is 47.4 Å². The summed E-state index contributed by atoms with van der Waals surface area (Å²) in [6.07, 6.45) is 6.19. The van der Waals surface area contributed by atoms with Crippen molar-refractivity contribution in [3.05, 3.63) is 81.7 Å². The fraction of sp³-hybridized carbons (Fsp3) is 0.304. The second-order valence-electron chi connectivity index (χ2n) is 7.30. The normalized spacial score (nSPS) is 12.4. The van der Waals surface area contributed by atoms with Crippen LogP contribution in [-0.4, -0.2) is 33.3 Å². The number of pyridine rings is 1. The van der Waals surface area contributed by atoms with Crippen LogP contribution in [0, 0.1) is 0 Å². The van der Waals surface area contributed by atoms with E-state index >= 15 is 0 Å². The number of thioether (sulfide) groups is 1. The summed E-state index contributed by atoms with van der Waals surface area (Å²) >= 11 is 1.33. The third-order valence-corrected chi connectivity index (χ3v) is 6.29. The van der Waals surface area contributed by atoms with Crippen LogP contribution in [0.4, 0.5) is 0 Å². The summed E-state index contributed by atoms with van der Waals surface area (Å²) < 4.78 is 7.06. The number of ether oxygens (including phenoxy) is 1. The first kappa shape index (κ1) is 21.1. The molecule has 0 saturated carbocycles. The van der Waals surface area contributed by atoms with Crippen LogP contribution in [0.3, 0.4) is 0 Å². The zero-order valence-electron chi connectivity index (χ0n) is 17.3. The first-order chi connectivity index (χ1) is 15.2. The minimum Gasteiger partial charge on any atom is -0.496 e. The Kier molecular flexibility index (Phi) is 6.66. The van der Waals surface area contributed by atoms with E-state index in [-0.39, 0.29) is 17.3 Å². The highest BCUT2D eigenvalue weighted by molar-refractivity contribution is 7.99. The maximum atomic E-state index is 12.7. The molecule has 0 radical (unpaired) electrons. The van der Waals surface area contributed by atoms with Gasteiger partial charge in [0.25, 0.3) is 0 Å². The molecule has 4 rings (SSSR count). The van der Waals surface area contributed by atoms with E-state index in [9.17, 15) is 9.59 Å². The number of nitrogens with one attached hydrogen (secondary N) is 1. The Hall–Kier alpha value is -3.13. The van der Waals surface area contributed by atoms with Gasteiger partial charge in [-0.25, -0.2) is 4.79 Å². The number of carbonyl (C=O) groups excluding carboxylic acids is 1. The van der Waals surface area contributed by atoms with Crippen LogP contribution in [0.2, 0.25) is 0 Å². The van der Waals surface area contributed by atoms with E-state index in [1.165, 1.54) is 11.8 Å². The molecule has 0 spiro atoms. The zero-order valence-corrected chi connectivity index (χ0v) is 18.2. The van der Waals surface area contributed by atoms with E-state index in [4.69, 9.17) is 4.74 Å². The minimum atomic E-state index is -0.276. The van der Waals surface area contributed by atoms with Gasteiger partial charge in [0.1, 0.15) is 10.8 Å². The van der Waals surface area contributed by atoms with Crippen molar-refractivity contribution < 1.29 is 9.53 Å². The summed E-state index contributed by atoms with van der Waals surface area (Å²) in [5.74, 6) is 0.844. The third kappa shape index (κ3) is 4.96. The Bertz CT molecular complexity index is 1130. The van der Waals surface area contributed by atoms with Gasteiger partial charge in [-0.05, 0) is 37.0 Å². The summed E-state index contributed by atoms with van der Waals surface area (Å²) in [6.45, 7) is 0.855. The molecular weight excluding hydrogens is 412 g/mol. The lowest BCUT2D eigenvalue weighted by Crippen LogP contribution is -2.28. The van der Waals surface area contributed by atoms with Crippen LogP contribution in [0.1, 0.15) is 28.8 Å². The molecular formula is C23H24N4O3S. The number of aromatic nitrogens is 3. The van der Waals surface area contributed by atoms with E-state index in [1.54, 1.807) is 24.1 Å². The van der Waals surface area contributed by atoms with Crippen LogP contribution in [-0.2, 0) is 30.7 Å². The number of methoxy groups -OCH3 is 1. The van der Waals surface area contributed by atoms with Crippen molar-refractivity contribution >= 4 is 17.7 Å². The maximum absolute atomic E-state index is 12.7. The van der Waals surface area contributed by atoms with Gasteiger partial charge in [0.2, 0.25) is 5.91 Å². The third-order valence-electron chi connectivity index (χ3n) is 5.27. The predicted octanol–water partition coefficient (Wildman–Crippen LogP) is 2.59. The lowest BCUT2D eigenvalue weighted by molar-refractivity contribution is -0.118. The van der Waals surface area contributed by atoms with Crippen LogP contribution in [0.25, 0.3) is 0 Å². The van der Waals surface area contributed by atoms with E-state index in [0.29, 0.717) is 18.1 Å². The summed E-state index contributed by atoms with van der Waals surface area (Å²) in [6, 6.07) is 11.4. The number of hydrogen-bond donors (Lipinski definition) is 1. The molecule has 2 aromatic heterocycles. The van der Waals surface area contributed by atoms with Crippen molar-refractivity contribution in [3.63, 3.8) is 0 Å². The largest absolute Gasteiger partial charge is 0.496 e. The SMILES string of the molecule is COc1ccccc1CNC(=O)CSc1nc(=O)n(Cc2cccnc2)c2c1CCC2. The summed E-state index contributed by atoms with van der Waals surface area (Å²) in [5, 5.41) is 3.59. The first-order valence-corrected chi connectivity index (χ1v) is 11.2. The molecule has 8 heteroatoms. The Labute approximate surface area is 184 Å². The molecule has 0 fully saturated rings. The quantitative estimate of drug-likeness (QED) is 0.432. The van der Waals surface area contributed by atoms with Gasteiger partial charge in [-0.2, -0.15) is 4.98 Å². The number of hydrogen-bond acceptors (Lipinski definition) is 6. The van der Waals surface area contributed by atoms with Crippen molar-refractivity contribution in [2.75, 3.05) is 12.9 Å². The average molecular weight is 437 g/mol. The van der Waals surface area contributed by atoms with Gasteiger partial charge in [-0.1, -0.05) is 36.0 Å². The molecule has 1 amide bonds. The van der Waals surface area contributed by atoms with Gasteiger partial charge >= 0.3 is 5.69 Å². The number of para-hydroxylation sites is 1. The highest BCUT2D eigenvalue weighted by Gasteiger charge is 2.22. The predicted molar refractivity (Wildman–Crippen MR) is 119 cm³/mol. The van der Waals surface area contributed by atoms with Crippen LogP contribution >= 0.6 is 11.8 Å². The van der Waals surface area contributed by atoms with Gasteiger partial charge in [0.05, 0.1) is 19.4 Å². The molecule has 1 aromatic carbocycles. The molecule has 3 aromatic rings. The Morgan fingerprint density at radius 1 is 1.23 bits per heavy atom. The van der Waals surface area contributed by atoms with Crippen LogP contribution in [0.5, 0.6) is 5.75 Å². The van der Waals surface area contributed by atoms with Gasteiger partial charge in [0, 0.05) is 35.8 Å². The Morgan fingerprint density at radius 3 is 2.90 bits per heavy atom. The molecule has 31 heavy (non-hydrogen) atoms.